The number of Topliss-reactive ketones (excluding diaryl/α,β-unsaturated/α-hetero) is 1. The predicted octanol–water partition coefficient (Wildman–Crippen LogP) is 4.46. The average Bonchev–Trinajstić information content (AvgIpc) is 2.96. The number of benzene rings is 1. The summed E-state index contributed by atoms with van der Waals surface area (Å²) in [5.41, 5.74) is -0.168. The summed E-state index contributed by atoms with van der Waals surface area (Å²) in [5, 5.41) is 2.70. The summed E-state index contributed by atoms with van der Waals surface area (Å²) < 4.78 is 37.6. The fraction of sp³-hybridized carbons (Fsp3) is 0.250. The maximum Gasteiger partial charge on any atom is 0.416 e. The van der Waals surface area contributed by atoms with E-state index in [2.05, 4.69) is 5.32 Å². The average molecular weight is 341 g/mol. The number of halogens is 3. The second kappa shape index (κ2) is 6.54. The topological polar surface area (TPSA) is 46.2 Å². The van der Waals surface area contributed by atoms with Crippen LogP contribution in [0.2, 0.25) is 0 Å². The molecule has 0 spiro atoms. The van der Waals surface area contributed by atoms with Gasteiger partial charge in [-0.15, -0.1) is 11.3 Å². The first-order valence-electron chi connectivity index (χ1n) is 6.77. The number of carbonyl (C=O) groups is 2. The lowest BCUT2D eigenvalue weighted by Crippen LogP contribution is -2.25. The van der Waals surface area contributed by atoms with Crippen LogP contribution in [0.3, 0.4) is 0 Å². The van der Waals surface area contributed by atoms with Gasteiger partial charge in [0.05, 0.1) is 21.4 Å². The van der Waals surface area contributed by atoms with Gasteiger partial charge in [0.2, 0.25) is 0 Å². The lowest BCUT2D eigenvalue weighted by Gasteiger charge is -2.15. The number of alkyl halides is 3. The van der Waals surface area contributed by atoms with Crippen molar-refractivity contribution in [3.05, 3.63) is 57.3 Å². The van der Waals surface area contributed by atoms with Crippen LogP contribution >= 0.6 is 11.3 Å². The van der Waals surface area contributed by atoms with Crippen LogP contribution in [0.25, 0.3) is 0 Å². The zero-order chi connectivity index (χ0) is 17.2. The standard InChI is InChI=1S/C16H14F3NO2S/c1-9(11-3-5-12(6-4-11)16(17,18)19)20-15(22)14-8-7-13(23-14)10(2)21/h3-9H,1-2H3,(H,20,22). The van der Waals surface area contributed by atoms with E-state index in [4.69, 9.17) is 0 Å². The molecular weight excluding hydrogens is 327 g/mol. The SMILES string of the molecule is CC(=O)c1ccc(C(=O)NC(C)c2ccc(C(F)(F)F)cc2)s1. The Morgan fingerprint density at radius 2 is 1.61 bits per heavy atom. The van der Waals surface area contributed by atoms with E-state index < -0.39 is 17.8 Å². The van der Waals surface area contributed by atoms with E-state index >= 15 is 0 Å². The van der Waals surface area contributed by atoms with Crippen molar-refractivity contribution >= 4 is 23.0 Å². The molecule has 1 atom stereocenters. The van der Waals surface area contributed by atoms with Crippen molar-refractivity contribution in [2.45, 2.75) is 26.1 Å². The van der Waals surface area contributed by atoms with Crippen molar-refractivity contribution in [2.75, 3.05) is 0 Å². The Kier molecular flexibility index (Phi) is 4.89. The molecule has 0 saturated carbocycles. The molecule has 0 bridgehead atoms. The van der Waals surface area contributed by atoms with Crippen LogP contribution in [0.15, 0.2) is 36.4 Å². The van der Waals surface area contributed by atoms with E-state index in [0.717, 1.165) is 23.5 Å². The number of rotatable bonds is 4. The van der Waals surface area contributed by atoms with Gasteiger partial charge in [0, 0.05) is 0 Å². The van der Waals surface area contributed by atoms with Gasteiger partial charge in [0.1, 0.15) is 0 Å². The van der Waals surface area contributed by atoms with Gasteiger partial charge in [-0.05, 0) is 43.7 Å². The van der Waals surface area contributed by atoms with Gasteiger partial charge in [-0.25, -0.2) is 0 Å². The zero-order valence-electron chi connectivity index (χ0n) is 12.4. The first-order chi connectivity index (χ1) is 10.7. The van der Waals surface area contributed by atoms with E-state index in [-0.39, 0.29) is 11.7 Å². The molecule has 1 aromatic carbocycles. The van der Waals surface area contributed by atoms with E-state index in [1.807, 2.05) is 0 Å². The first kappa shape index (κ1) is 17.2. The lowest BCUT2D eigenvalue weighted by molar-refractivity contribution is -0.137. The van der Waals surface area contributed by atoms with Crippen LogP contribution in [0.4, 0.5) is 13.2 Å². The molecule has 1 N–H and O–H groups in total. The Bertz CT molecular complexity index is 720. The van der Waals surface area contributed by atoms with E-state index in [1.54, 1.807) is 19.1 Å². The molecule has 1 heterocycles. The minimum atomic E-state index is -4.38. The van der Waals surface area contributed by atoms with Gasteiger partial charge in [-0.1, -0.05) is 12.1 Å². The maximum atomic E-state index is 12.5. The van der Waals surface area contributed by atoms with Crippen molar-refractivity contribution < 1.29 is 22.8 Å². The molecule has 0 radical (unpaired) electrons. The Morgan fingerprint density at radius 1 is 1.04 bits per heavy atom. The monoisotopic (exact) mass is 341 g/mol. The third-order valence-corrected chi connectivity index (χ3v) is 4.45. The summed E-state index contributed by atoms with van der Waals surface area (Å²) in [6.07, 6.45) is -4.38. The maximum absolute atomic E-state index is 12.5. The Morgan fingerprint density at radius 3 is 2.09 bits per heavy atom. The Balaban J connectivity index is 2.07. The van der Waals surface area contributed by atoms with Gasteiger partial charge in [-0.3, -0.25) is 9.59 Å². The fourth-order valence-corrected chi connectivity index (χ4v) is 2.77. The highest BCUT2D eigenvalue weighted by Crippen LogP contribution is 2.30. The number of nitrogens with one attached hydrogen (secondary N) is 1. The van der Waals surface area contributed by atoms with Gasteiger partial charge < -0.3 is 5.32 Å². The molecule has 2 aromatic rings. The molecular formula is C16H14F3NO2S. The molecule has 1 aromatic heterocycles. The molecule has 3 nitrogen and oxygen atoms in total. The highest BCUT2D eigenvalue weighted by molar-refractivity contribution is 7.15. The second-order valence-electron chi connectivity index (χ2n) is 5.04. The molecule has 122 valence electrons. The first-order valence-corrected chi connectivity index (χ1v) is 7.59. The molecule has 1 unspecified atom stereocenters. The summed E-state index contributed by atoms with van der Waals surface area (Å²) in [6, 6.07) is 7.31. The predicted molar refractivity (Wildman–Crippen MR) is 81.6 cm³/mol. The second-order valence-corrected chi connectivity index (χ2v) is 6.12. The van der Waals surface area contributed by atoms with Crippen molar-refractivity contribution in [3.8, 4) is 0 Å². The zero-order valence-corrected chi connectivity index (χ0v) is 13.2. The van der Waals surface area contributed by atoms with Crippen molar-refractivity contribution in [3.63, 3.8) is 0 Å². The van der Waals surface area contributed by atoms with Gasteiger partial charge >= 0.3 is 6.18 Å². The summed E-state index contributed by atoms with van der Waals surface area (Å²) in [5.74, 6) is -0.486. The molecule has 0 aliphatic rings. The van der Waals surface area contributed by atoms with E-state index in [0.29, 0.717) is 15.3 Å². The fourth-order valence-electron chi connectivity index (χ4n) is 1.96. The summed E-state index contributed by atoms with van der Waals surface area (Å²) in [4.78, 5) is 24.2. The highest BCUT2D eigenvalue weighted by atomic mass is 32.1. The Hall–Kier alpha value is -2.15. The molecule has 7 heteroatoms. The molecule has 2 rings (SSSR count). The normalized spacial score (nSPS) is 12.7. The molecule has 0 fully saturated rings. The van der Waals surface area contributed by atoms with Crippen LogP contribution in [0.1, 0.15) is 50.4 Å². The third-order valence-electron chi connectivity index (χ3n) is 3.26. The summed E-state index contributed by atoms with van der Waals surface area (Å²) in [6.45, 7) is 3.10. The Labute approximate surface area is 135 Å². The van der Waals surface area contributed by atoms with E-state index in [1.165, 1.54) is 19.1 Å². The van der Waals surface area contributed by atoms with Crippen LogP contribution < -0.4 is 5.32 Å². The number of amides is 1. The van der Waals surface area contributed by atoms with Crippen LogP contribution in [-0.4, -0.2) is 11.7 Å². The van der Waals surface area contributed by atoms with Crippen molar-refractivity contribution in [2.24, 2.45) is 0 Å². The minimum absolute atomic E-state index is 0.121. The van der Waals surface area contributed by atoms with Crippen LogP contribution in [-0.2, 0) is 6.18 Å². The number of thiophene rings is 1. The number of hydrogen-bond acceptors (Lipinski definition) is 3. The highest BCUT2D eigenvalue weighted by Gasteiger charge is 2.30. The largest absolute Gasteiger partial charge is 0.416 e. The van der Waals surface area contributed by atoms with Crippen molar-refractivity contribution in [1.29, 1.82) is 0 Å². The number of hydrogen-bond donors (Lipinski definition) is 1. The van der Waals surface area contributed by atoms with Crippen LogP contribution in [0, 0.1) is 0 Å². The van der Waals surface area contributed by atoms with Gasteiger partial charge in [0.25, 0.3) is 5.91 Å². The van der Waals surface area contributed by atoms with Gasteiger partial charge in [-0.2, -0.15) is 13.2 Å². The van der Waals surface area contributed by atoms with Crippen molar-refractivity contribution in [1.82, 2.24) is 5.32 Å². The summed E-state index contributed by atoms with van der Waals surface area (Å²) >= 11 is 1.08. The smallest absolute Gasteiger partial charge is 0.345 e. The molecule has 0 saturated heterocycles. The molecule has 23 heavy (non-hydrogen) atoms. The number of ketones is 1. The molecule has 0 aliphatic carbocycles. The quantitative estimate of drug-likeness (QED) is 0.835. The molecule has 1 amide bonds. The van der Waals surface area contributed by atoms with Crippen LogP contribution in [0.5, 0.6) is 0 Å². The van der Waals surface area contributed by atoms with E-state index in [9.17, 15) is 22.8 Å². The van der Waals surface area contributed by atoms with Gasteiger partial charge in [0.15, 0.2) is 5.78 Å². The molecule has 0 aliphatic heterocycles. The third kappa shape index (κ3) is 4.19. The lowest BCUT2D eigenvalue weighted by atomic mass is 10.1. The minimum Gasteiger partial charge on any atom is -0.345 e. The number of carbonyl (C=O) groups excluding carboxylic acids is 2. The summed E-state index contributed by atoms with van der Waals surface area (Å²) in [7, 11) is 0.